The number of nitrogens with zero attached hydrogens (tertiary/aromatic N) is 5. The zero-order valence-electron chi connectivity index (χ0n) is 15.5. The van der Waals surface area contributed by atoms with Crippen LogP contribution in [0.4, 0.5) is 0 Å². The molecule has 0 radical (unpaired) electrons. The van der Waals surface area contributed by atoms with Crippen LogP contribution in [0.25, 0.3) is 16.5 Å². The highest BCUT2D eigenvalue weighted by Crippen LogP contribution is 2.44. The lowest BCUT2D eigenvalue weighted by Gasteiger charge is -2.29. The molecule has 0 aromatic heterocycles. The van der Waals surface area contributed by atoms with Gasteiger partial charge in [-0.25, -0.2) is 5.01 Å². The third-order valence-electron chi connectivity index (χ3n) is 5.31. The minimum atomic E-state index is -0.271. The van der Waals surface area contributed by atoms with E-state index in [1.165, 1.54) is 10.6 Å². The van der Waals surface area contributed by atoms with Crippen molar-refractivity contribution >= 4 is 17.7 Å². The molecule has 6 heteroatoms. The summed E-state index contributed by atoms with van der Waals surface area (Å²) in [7, 11) is 0. The fourth-order valence-electron chi connectivity index (χ4n) is 4.11. The van der Waals surface area contributed by atoms with E-state index in [2.05, 4.69) is 28.2 Å². The van der Waals surface area contributed by atoms with Gasteiger partial charge < -0.3 is 0 Å². The molecule has 0 bridgehead atoms. The summed E-state index contributed by atoms with van der Waals surface area (Å²) in [6.07, 6.45) is 5.17. The van der Waals surface area contributed by atoms with Crippen molar-refractivity contribution in [2.75, 3.05) is 6.54 Å². The molecule has 140 valence electrons. The van der Waals surface area contributed by atoms with Crippen molar-refractivity contribution in [1.29, 1.82) is 0 Å². The van der Waals surface area contributed by atoms with E-state index in [1.54, 1.807) is 0 Å². The lowest BCUT2D eigenvalue weighted by Crippen LogP contribution is -2.33. The van der Waals surface area contributed by atoms with Crippen LogP contribution in [0.2, 0.25) is 0 Å². The van der Waals surface area contributed by atoms with E-state index in [0.717, 1.165) is 36.1 Å². The van der Waals surface area contributed by atoms with Crippen LogP contribution in [0.1, 0.15) is 36.4 Å². The summed E-state index contributed by atoms with van der Waals surface area (Å²) in [5.74, 6) is -0.117. The molecule has 0 unspecified atom stereocenters. The molecule has 4 rings (SSSR count). The van der Waals surface area contributed by atoms with E-state index in [4.69, 9.17) is 10.6 Å². The molecule has 2 aliphatic rings. The molecule has 1 fully saturated rings. The van der Waals surface area contributed by atoms with Crippen molar-refractivity contribution in [2.24, 2.45) is 16.1 Å². The molecule has 1 aliphatic carbocycles. The second kappa shape index (κ2) is 8.11. The first-order valence-electron chi connectivity index (χ1n) is 9.50. The zero-order valence-corrected chi connectivity index (χ0v) is 15.5. The third-order valence-corrected chi connectivity index (χ3v) is 5.31. The number of carbonyl (C=O) groups excluding carboxylic acids is 1. The molecule has 1 amide bonds. The fourth-order valence-corrected chi connectivity index (χ4v) is 4.11. The van der Waals surface area contributed by atoms with Gasteiger partial charge >= 0.3 is 0 Å². The maximum atomic E-state index is 12.7. The Morgan fingerprint density at radius 3 is 2.61 bits per heavy atom. The largest absolute Gasteiger partial charge is 0.273 e. The van der Waals surface area contributed by atoms with Crippen LogP contribution in [0.3, 0.4) is 0 Å². The minimum Gasteiger partial charge on any atom is -0.273 e. The van der Waals surface area contributed by atoms with Gasteiger partial charge in [-0.05, 0) is 47.6 Å². The maximum absolute atomic E-state index is 12.7. The van der Waals surface area contributed by atoms with Crippen LogP contribution in [-0.2, 0) is 4.79 Å². The molecule has 1 saturated carbocycles. The second-order valence-corrected chi connectivity index (χ2v) is 7.05. The van der Waals surface area contributed by atoms with Crippen LogP contribution in [-0.4, -0.2) is 23.2 Å². The average molecular weight is 371 g/mol. The number of amides is 1. The highest BCUT2D eigenvalue weighted by Gasteiger charge is 2.43. The summed E-state index contributed by atoms with van der Waals surface area (Å²) in [4.78, 5) is 15.5. The molecule has 0 saturated heterocycles. The molecule has 1 heterocycles. The molecule has 0 N–H and O–H groups in total. The monoisotopic (exact) mass is 371 g/mol. The van der Waals surface area contributed by atoms with Gasteiger partial charge in [-0.3, -0.25) is 4.79 Å². The zero-order chi connectivity index (χ0) is 19.3. The van der Waals surface area contributed by atoms with Gasteiger partial charge in [0.25, 0.3) is 0 Å². The molecule has 2 atom stereocenters. The van der Waals surface area contributed by atoms with Crippen molar-refractivity contribution in [3.63, 3.8) is 0 Å². The maximum Gasteiger partial charge on any atom is 0.249 e. The quantitative estimate of drug-likeness (QED) is 0.417. The van der Waals surface area contributed by atoms with Gasteiger partial charge in [-0.2, -0.15) is 5.10 Å². The van der Waals surface area contributed by atoms with Crippen molar-refractivity contribution in [3.05, 3.63) is 87.8 Å². The molecule has 2 aromatic rings. The van der Waals surface area contributed by atoms with Gasteiger partial charge in [0.05, 0.1) is 11.8 Å². The van der Waals surface area contributed by atoms with Crippen molar-refractivity contribution in [3.8, 4) is 0 Å². The molecule has 1 aliphatic heterocycles. The summed E-state index contributed by atoms with van der Waals surface area (Å²) < 4.78 is 0. The first kappa shape index (κ1) is 18.0. The lowest BCUT2D eigenvalue weighted by molar-refractivity contribution is -0.132. The number of allylic oxidation sites excluding steroid dienone is 1. The number of azide groups is 1. The number of fused-ring (bicyclic) bond motifs is 1. The lowest BCUT2D eigenvalue weighted by atomic mass is 9.77. The predicted octanol–water partition coefficient (Wildman–Crippen LogP) is 5.12. The minimum absolute atomic E-state index is 0.154. The summed E-state index contributed by atoms with van der Waals surface area (Å²) in [6.45, 7) is -0.221. The predicted molar refractivity (Wildman–Crippen MR) is 109 cm³/mol. The van der Waals surface area contributed by atoms with Gasteiger partial charge in [0.1, 0.15) is 6.54 Å². The smallest absolute Gasteiger partial charge is 0.249 e. The number of hydrogen-bond acceptors (Lipinski definition) is 3. The summed E-state index contributed by atoms with van der Waals surface area (Å²) in [5, 5.41) is 9.74. The SMILES string of the molecule is [N-]=[N+]=NCC(=O)N1N=C2/C(=C\c3ccccc3)CCC[C@@H]2[C@@H]1c1ccccc1. The molecule has 6 nitrogen and oxygen atoms in total. The first-order chi connectivity index (χ1) is 13.8. The molecular weight excluding hydrogens is 350 g/mol. The average Bonchev–Trinajstić information content (AvgIpc) is 3.14. The fraction of sp³-hybridized carbons (Fsp3) is 0.273. The van der Waals surface area contributed by atoms with E-state index < -0.39 is 0 Å². The van der Waals surface area contributed by atoms with Gasteiger partial charge in [0.15, 0.2) is 0 Å². The van der Waals surface area contributed by atoms with E-state index in [1.807, 2.05) is 48.5 Å². The highest BCUT2D eigenvalue weighted by atomic mass is 16.2. The number of benzene rings is 2. The highest BCUT2D eigenvalue weighted by molar-refractivity contribution is 6.08. The standard InChI is InChI=1S/C22H21N5O/c23-26-24-15-20(28)27-22(17-10-5-2-6-11-17)19-13-7-12-18(21(19)25-27)14-16-8-3-1-4-9-16/h1-6,8-11,14,19,22H,7,12-13,15H2/b18-14-/t19-,22-/m0/s1. The first-order valence-corrected chi connectivity index (χ1v) is 9.50. The molecule has 28 heavy (non-hydrogen) atoms. The van der Waals surface area contributed by atoms with Gasteiger partial charge in [0, 0.05) is 10.8 Å². The Balaban J connectivity index is 1.74. The Labute approximate surface area is 163 Å². The third kappa shape index (κ3) is 3.55. The van der Waals surface area contributed by atoms with E-state index >= 15 is 0 Å². The van der Waals surface area contributed by atoms with E-state index in [-0.39, 0.29) is 24.4 Å². The van der Waals surface area contributed by atoms with Crippen molar-refractivity contribution < 1.29 is 4.79 Å². The van der Waals surface area contributed by atoms with E-state index in [0.29, 0.717) is 0 Å². The Hall–Kier alpha value is -3.37. The summed E-state index contributed by atoms with van der Waals surface area (Å²) in [5.41, 5.74) is 13.0. The Bertz CT molecular complexity index is 961. The molecule has 2 aromatic carbocycles. The number of rotatable bonds is 4. The second-order valence-electron chi connectivity index (χ2n) is 7.05. The van der Waals surface area contributed by atoms with Gasteiger partial charge in [0.2, 0.25) is 5.91 Å². The van der Waals surface area contributed by atoms with Crippen LogP contribution in [0, 0.1) is 5.92 Å². The van der Waals surface area contributed by atoms with Crippen molar-refractivity contribution in [1.82, 2.24) is 5.01 Å². The van der Waals surface area contributed by atoms with Crippen LogP contribution in [0.15, 0.2) is 76.5 Å². The topological polar surface area (TPSA) is 81.4 Å². The normalized spacial score (nSPS) is 22.4. The molecular formula is C22H21N5O. The van der Waals surface area contributed by atoms with Gasteiger partial charge in [-0.1, -0.05) is 65.8 Å². The Kier molecular flexibility index (Phi) is 5.22. The van der Waals surface area contributed by atoms with E-state index in [9.17, 15) is 4.79 Å². The van der Waals surface area contributed by atoms with Gasteiger partial charge in [-0.15, -0.1) is 0 Å². The summed E-state index contributed by atoms with van der Waals surface area (Å²) in [6, 6.07) is 20.0. The van der Waals surface area contributed by atoms with Crippen molar-refractivity contribution in [2.45, 2.75) is 25.3 Å². The Morgan fingerprint density at radius 1 is 1.18 bits per heavy atom. The van der Waals surface area contributed by atoms with Crippen LogP contribution in [0.5, 0.6) is 0 Å². The van der Waals surface area contributed by atoms with Crippen LogP contribution >= 0.6 is 0 Å². The summed E-state index contributed by atoms with van der Waals surface area (Å²) >= 11 is 0. The Morgan fingerprint density at radius 2 is 1.89 bits per heavy atom. The number of carbonyl (C=O) groups is 1. The number of hydrazone groups is 1. The molecule has 0 spiro atoms. The number of hydrogen-bond donors (Lipinski definition) is 0. The van der Waals surface area contributed by atoms with Crippen LogP contribution < -0.4 is 0 Å².